The summed E-state index contributed by atoms with van der Waals surface area (Å²) in [5.74, 6) is 0.216. The van der Waals surface area contributed by atoms with Crippen LogP contribution in [-0.4, -0.2) is 68.4 Å². The van der Waals surface area contributed by atoms with Crippen LogP contribution in [0.1, 0.15) is 63.1 Å². The number of carbonyl (C=O) groups is 2. The second-order valence-corrected chi connectivity index (χ2v) is 11.4. The third-order valence-corrected chi connectivity index (χ3v) is 8.65. The lowest BCUT2D eigenvalue weighted by Crippen LogP contribution is -2.47. The van der Waals surface area contributed by atoms with Crippen molar-refractivity contribution in [3.8, 4) is 0 Å². The van der Waals surface area contributed by atoms with Crippen LogP contribution in [0.3, 0.4) is 0 Å². The lowest BCUT2D eigenvalue weighted by Gasteiger charge is -2.38. The smallest absolute Gasteiger partial charge is 0.316 e. The molecule has 0 bridgehead atoms. The summed E-state index contributed by atoms with van der Waals surface area (Å²) >= 11 is 0. The first-order chi connectivity index (χ1) is 19.7. The Hall–Kier alpha value is -3.28. The Morgan fingerprint density at radius 1 is 0.854 bits per heavy atom. The molecular weight excluding hydrogens is 508 g/mol. The summed E-state index contributed by atoms with van der Waals surface area (Å²) in [5.41, 5.74) is 2.25. The molecule has 1 unspecified atom stereocenters. The van der Waals surface area contributed by atoms with Crippen LogP contribution < -0.4 is 0 Å². The molecule has 4 rings (SSSR count). The van der Waals surface area contributed by atoms with Gasteiger partial charge in [0.05, 0.1) is 17.4 Å². The van der Waals surface area contributed by atoms with Crippen molar-refractivity contribution in [2.24, 2.45) is 0 Å². The van der Waals surface area contributed by atoms with Crippen molar-refractivity contribution >= 4 is 11.8 Å². The van der Waals surface area contributed by atoms with Gasteiger partial charge in [0, 0.05) is 12.5 Å². The lowest BCUT2D eigenvalue weighted by atomic mass is 9.67. The number of Topliss-reactive ketones (excluding diaryl/α,β-unsaturated/α-hetero) is 1. The number of ketones is 1. The summed E-state index contributed by atoms with van der Waals surface area (Å²) in [5, 5.41) is 0. The van der Waals surface area contributed by atoms with Crippen LogP contribution in [0.25, 0.3) is 0 Å². The predicted octanol–water partition coefficient (Wildman–Crippen LogP) is 6.51. The van der Waals surface area contributed by atoms with Gasteiger partial charge in [-0.3, -0.25) is 9.59 Å². The molecule has 5 nitrogen and oxygen atoms in total. The number of hydrogen-bond acceptors (Lipinski definition) is 5. The Morgan fingerprint density at radius 3 is 1.73 bits per heavy atom. The molecule has 1 aliphatic heterocycles. The van der Waals surface area contributed by atoms with E-state index in [4.69, 9.17) is 4.74 Å². The summed E-state index contributed by atoms with van der Waals surface area (Å²) in [6.07, 6.45) is 2.99. The number of esters is 1. The van der Waals surface area contributed by atoms with E-state index in [1.807, 2.05) is 80.6 Å². The zero-order valence-electron chi connectivity index (χ0n) is 25.8. The molecule has 1 atom stereocenters. The Morgan fingerprint density at radius 2 is 1.32 bits per heavy atom. The largest absolute Gasteiger partial charge is 0.465 e. The van der Waals surface area contributed by atoms with Crippen molar-refractivity contribution in [1.29, 1.82) is 0 Å². The third-order valence-electron chi connectivity index (χ3n) is 8.65. The van der Waals surface area contributed by atoms with Gasteiger partial charge in [0.2, 0.25) is 0 Å². The maximum Gasteiger partial charge on any atom is 0.316 e. The number of rotatable bonds is 10. The van der Waals surface area contributed by atoms with Crippen LogP contribution in [0.15, 0.2) is 91.0 Å². The molecule has 3 aromatic rings. The second kappa shape index (κ2) is 15.1. The molecule has 0 N–H and O–H groups in total. The van der Waals surface area contributed by atoms with Gasteiger partial charge >= 0.3 is 5.97 Å². The highest BCUT2D eigenvalue weighted by Crippen LogP contribution is 2.39. The molecule has 1 heterocycles. The standard InChI is InChI=1S/C21H27NO.C15H21NO2/c1-5-20(23)21(16-17(2)22(3)4,18-12-8-6-9-13-18)19-14-10-7-11-15-19;1-3-18-14(17)15(9-11-16(2)12-10-15)13-7-5-4-6-8-13/h6-15,17H,5,16H2,1-4H3;4-8H,3,9-12H2,1-2H3. The first-order valence-corrected chi connectivity index (χ1v) is 14.9. The number of nitrogens with zero attached hydrogens (tertiary/aromatic N) is 2. The minimum atomic E-state index is -0.582. The van der Waals surface area contributed by atoms with Crippen LogP contribution >= 0.6 is 0 Å². The maximum atomic E-state index is 13.2. The SMILES string of the molecule is CCC(=O)C(CC(C)N(C)C)(c1ccccc1)c1ccccc1.CCOC(=O)C1(c2ccccc2)CCN(C)CC1. The highest BCUT2D eigenvalue weighted by molar-refractivity contribution is 5.93. The van der Waals surface area contributed by atoms with Crippen LogP contribution in [0.5, 0.6) is 0 Å². The average Bonchev–Trinajstić information content (AvgIpc) is 3.01. The molecule has 220 valence electrons. The molecule has 5 heteroatoms. The lowest BCUT2D eigenvalue weighted by molar-refractivity contribution is -0.152. The first-order valence-electron chi connectivity index (χ1n) is 14.9. The van der Waals surface area contributed by atoms with E-state index in [9.17, 15) is 9.59 Å². The number of ether oxygens (including phenoxy) is 1. The Kier molecular flexibility index (Phi) is 11.9. The Balaban J connectivity index is 0.000000232. The zero-order chi connectivity index (χ0) is 29.9. The Bertz CT molecular complexity index is 1160. The van der Waals surface area contributed by atoms with E-state index in [1.165, 1.54) is 0 Å². The van der Waals surface area contributed by atoms with Crippen molar-refractivity contribution in [1.82, 2.24) is 9.80 Å². The highest BCUT2D eigenvalue weighted by Gasteiger charge is 2.44. The van der Waals surface area contributed by atoms with Gasteiger partial charge in [-0.2, -0.15) is 0 Å². The molecule has 1 fully saturated rings. The van der Waals surface area contributed by atoms with E-state index in [1.54, 1.807) is 0 Å². The molecule has 1 aliphatic rings. The van der Waals surface area contributed by atoms with E-state index >= 15 is 0 Å². The van der Waals surface area contributed by atoms with Crippen molar-refractivity contribution < 1.29 is 14.3 Å². The normalized spacial score (nSPS) is 15.9. The summed E-state index contributed by atoms with van der Waals surface area (Å²) in [6, 6.07) is 30.8. The monoisotopic (exact) mass is 556 g/mol. The molecule has 3 aromatic carbocycles. The molecular formula is C36H48N2O3. The molecule has 1 saturated heterocycles. The minimum absolute atomic E-state index is 0.0655. The van der Waals surface area contributed by atoms with Crippen molar-refractivity contribution in [2.75, 3.05) is 40.8 Å². The van der Waals surface area contributed by atoms with Gasteiger partial charge in [-0.05, 0) is 84.0 Å². The topological polar surface area (TPSA) is 49.9 Å². The fraction of sp³-hybridized carbons (Fsp3) is 0.444. The molecule has 41 heavy (non-hydrogen) atoms. The van der Waals surface area contributed by atoms with E-state index in [2.05, 4.69) is 62.1 Å². The summed E-state index contributed by atoms with van der Waals surface area (Å²) in [6.45, 7) is 8.34. The van der Waals surface area contributed by atoms with E-state index < -0.39 is 10.8 Å². The summed E-state index contributed by atoms with van der Waals surface area (Å²) in [4.78, 5) is 30.0. The predicted molar refractivity (Wildman–Crippen MR) is 168 cm³/mol. The number of carbonyl (C=O) groups excluding carboxylic acids is 2. The first kappa shape index (κ1) is 32.2. The quantitative estimate of drug-likeness (QED) is 0.267. The van der Waals surface area contributed by atoms with Gasteiger partial charge in [-0.25, -0.2) is 0 Å². The molecule has 0 aromatic heterocycles. The molecule has 0 amide bonds. The van der Waals surface area contributed by atoms with Gasteiger partial charge in [0.25, 0.3) is 0 Å². The summed E-state index contributed by atoms with van der Waals surface area (Å²) in [7, 11) is 6.24. The minimum Gasteiger partial charge on any atom is -0.465 e. The van der Waals surface area contributed by atoms with Crippen molar-refractivity contribution in [2.45, 2.75) is 63.3 Å². The fourth-order valence-electron chi connectivity index (χ4n) is 5.85. The van der Waals surface area contributed by atoms with Crippen LogP contribution in [0.2, 0.25) is 0 Å². The van der Waals surface area contributed by atoms with Gasteiger partial charge in [0.15, 0.2) is 0 Å². The van der Waals surface area contributed by atoms with Crippen LogP contribution in [0, 0.1) is 0 Å². The van der Waals surface area contributed by atoms with Gasteiger partial charge < -0.3 is 14.5 Å². The van der Waals surface area contributed by atoms with Crippen molar-refractivity contribution in [3.05, 3.63) is 108 Å². The molecule has 0 radical (unpaired) electrons. The summed E-state index contributed by atoms with van der Waals surface area (Å²) < 4.78 is 5.32. The molecule has 0 aliphatic carbocycles. The number of piperidine rings is 1. The maximum absolute atomic E-state index is 13.2. The number of benzene rings is 3. The van der Waals surface area contributed by atoms with Gasteiger partial charge in [-0.15, -0.1) is 0 Å². The van der Waals surface area contributed by atoms with Gasteiger partial charge in [-0.1, -0.05) is 97.9 Å². The Labute approximate surface area is 247 Å². The van der Waals surface area contributed by atoms with Crippen LogP contribution in [-0.2, 0) is 25.2 Å². The van der Waals surface area contributed by atoms with Crippen LogP contribution in [0.4, 0.5) is 0 Å². The van der Waals surface area contributed by atoms with E-state index in [0.717, 1.165) is 49.0 Å². The molecule has 0 spiro atoms. The average molecular weight is 557 g/mol. The number of likely N-dealkylation sites (tertiary alicyclic amines) is 1. The third kappa shape index (κ3) is 7.52. The second-order valence-electron chi connectivity index (χ2n) is 11.4. The zero-order valence-corrected chi connectivity index (χ0v) is 25.8. The highest BCUT2D eigenvalue weighted by atomic mass is 16.5. The fourth-order valence-corrected chi connectivity index (χ4v) is 5.85. The number of hydrogen-bond donors (Lipinski definition) is 0. The van der Waals surface area contributed by atoms with Crippen molar-refractivity contribution in [3.63, 3.8) is 0 Å². The van der Waals surface area contributed by atoms with E-state index in [-0.39, 0.29) is 11.8 Å². The molecule has 0 saturated carbocycles. The van der Waals surface area contributed by atoms with Gasteiger partial charge in [0.1, 0.15) is 5.78 Å². The van der Waals surface area contributed by atoms with E-state index in [0.29, 0.717) is 19.1 Å².